The molecule has 0 saturated carbocycles. The van der Waals surface area contributed by atoms with Gasteiger partial charge in [-0.25, -0.2) is 0 Å². The van der Waals surface area contributed by atoms with Crippen molar-refractivity contribution >= 4 is 23.6 Å². The van der Waals surface area contributed by atoms with Crippen LogP contribution in [0.15, 0.2) is 53.4 Å². The minimum absolute atomic E-state index is 0.0184. The molecule has 6 heteroatoms. The molecular weight excluding hydrogens is 384 g/mol. The predicted octanol–water partition coefficient (Wildman–Crippen LogP) is 4.04. The monoisotopic (exact) mass is 414 g/mol. The lowest BCUT2D eigenvalue weighted by Gasteiger charge is -2.29. The van der Waals surface area contributed by atoms with Gasteiger partial charge in [0.25, 0.3) is 0 Å². The lowest BCUT2D eigenvalue weighted by molar-refractivity contribution is -0.138. The molecule has 0 aliphatic heterocycles. The Hall–Kier alpha value is -2.47. The molecule has 0 aliphatic rings. The first-order chi connectivity index (χ1) is 13.8. The van der Waals surface area contributed by atoms with E-state index in [4.69, 9.17) is 4.74 Å². The van der Waals surface area contributed by atoms with Crippen LogP contribution in [0, 0.1) is 6.92 Å². The molecule has 1 N–H and O–H groups in total. The van der Waals surface area contributed by atoms with E-state index in [1.54, 1.807) is 18.9 Å². The number of hydrogen-bond donors (Lipinski definition) is 1. The largest absolute Gasteiger partial charge is 0.497 e. The highest BCUT2D eigenvalue weighted by Gasteiger charge is 2.26. The van der Waals surface area contributed by atoms with Crippen LogP contribution in [0.2, 0.25) is 0 Å². The van der Waals surface area contributed by atoms with Gasteiger partial charge in [-0.05, 0) is 57.5 Å². The van der Waals surface area contributed by atoms with E-state index in [1.165, 1.54) is 17.3 Å². The van der Waals surface area contributed by atoms with Crippen molar-refractivity contribution in [2.45, 2.75) is 51.2 Å². The number of benzene rings is 2. The average molecular weight is 415 g/mol. The van der Waals surface area contributed by atoms with Crippen LogP contribution in [0.3, 0.4) is 0 Å². The average Bonchev–Trinajstić information content (AvgIpc) is 2.70. The number of aryl methyl sites for hydroxylation is 1. The highest BCUT2D eigenvalue weighted by atomic mass is 32.2. The normalized spacial score (nSPS) is 11.8. The third kappa shape index (κ3) is 7.13. The lowest BCUT2D eigenvalue weighted by Crippen LogP contribution is -2.49. The van der Waals surface area contributed by atoms with E-state index in [1.807, 2.05) is 69.3 Å². The fourth-order valence-corrected chi connectivity index (χ4v) is 3.56. The highest BCUT2D eigenvalue weighted by Crippen LogP contribution is 2.21. The summed E-state index contributed by atoms with van der Waals surface area (Å²) >= 11 is 1.48. The fourth-order valence-electron chi connectivity index (χ4n) is 2.78. The van der Waals surface area contributed by atoms with Gasteiger partial charge in [0.15, 0.2) is 0 Å². The maximum Gasteiger partial charge on any atom is 0.242 e. The van der Waals surface area contributed by atoms with Crippen LogP contribution in [0.25, 0.3) is 0 Å². The molecule has 5 nitrogen and oxygen atoms in total. The summed E-state index contributed by atoms with van der Waals surface area (Å²) in [6, 6.07) is 15.1. The highest BCUT2D eigenvalue weighted by molar-refractivity contribution is 8.00. The first kappa shape index (κ1) is 22.8. The molecule has 2 rings (SSSR count). The molecule has 0 fully saturated rings. The number of nitrogens with one attached hydrogen (secondary N) is 1. The second-order valence-electron chi connectivity index (χ2n) is 7.31. The molecule has 0 bridgehead atoms. The molecule has 2 amide bonds. The topological polar surface area (TPSA) is 58.6 Å². The van der Waals surface area contributed by atoms with Gasteiger partial charge < -0.3 is 15.0 Å². The minimum Gasteiger partial charge on any atom is -0.497 e. The van der Waals surface area contributed by atoms with Crippen molar-refractivity contribution in [3.05, 3.63) is 59.7 Å². The Balaban J connectivity index is 2.13. The Morgan fingerprint density at radius 3 is 2.21 bits per heavy atom. The first-order valence-corrected chi connectivity index (χ1v) is 10.7. The second kappa shape index (κ2) is 10.9. The molecule has 2 aromatic rings. The van der Waals surface area contributed by atoms with Crippen LogP contribution in [0.5, 0.6) is 5.75 Å². The summed E-state index contributed by atoms with van der Waals surface area (Å²) in [6.07, 6.45) is 0. The molecule has 0 spiro atoms. The summed E-state index contributed by atoms with van der Waals surface area (Å²) in [5, 5.41) is 2.90. The van der Waals surface area contributed by atoms with E-state index in [-0.39, 0.29) is 23.6 Å². The summed E-state index contributed by atoms with van der Waals surface area (Å²) in [4.78, 5) is 28.3. The Morgan fingerprint density at radius 2 is 1.66 bits per heavy atom. The second-order valence-corrected chi connectivity index (χ2v) is 8.36. The van der Waals surface area contributed by atoms with Crippen molar-refractivity contribution in [2.75, 3.05) is 12.9 Å². The van der Waals surface area contributed by atoms with E-state index < -0.39 is 6.04 Å². The molecule has 1 atom stereocenters. The zero-order valence-corrected chi connectivity index (χ0v) is 18.6. The number of nitrogens with zero attached hydrogens (tertiary/aromatic N) is 1. The number of thioether (sulfide) groups is 1. The van der Waals surface area contributed by atoms with E-state index in [2.05, 4.69) is 5.32 Å². The van der Waals surface area contributed by atoms with Gasteiger partial charge in [-0.1, -0.05) is 29.8 Å². The standard InChI is InChI=1S/C23H30N2O3S/c1-16(2)24-23(27)18(4)25(14-19-8-10-20(28-5)11-9-19)22(26)15-29-21-12-6-17(3)7-13-21/h6-13,16,18H,14-15H2,1-5H3,(H,24,27)/t18-/m0/s1. The maximum atomic E-state index is 13.0. The van der Waals surface area contributed by atoms with Gasteiger partial charge in [0.1, 0.15) is 11.8 Å². The number of carbonyl (C=O) groups is 2. The summed E-state index contributed by atoms with van der Waals surface area (Å²) in [7, 11) is 1.62. The SMILES string of the molecule is COc1ccc(CN(C(=O)CSc2ccc(C)cc2)[C@@H](C)C(=O)NC(C)C)cc1. The molecule has 0 heterocycles. The van der Waals surface area contributed by atoms with Gasteiger partial charge in [-0.2, -0.15) is 0 Å². The third-order valence-electron chi connectivity index (χ3n) is 4.49. The molecule has 0 aliphatic carbocycles. The number of carbonyl (C=O) groups excluding carboxylic acids is 2. The van der Waals surface area contributed by atoms with Crippen LogP contribution in [-0.2, 0) is 16.1 Å². The Labute approximate surface area is 177 Å². The number of hydrogen-bond acceptors (Lipinski definition) is 4. The van der Waals surface area contributed by atoms with E-state index in [0.29, 0.717) is 6.54 Å². The number of ether oxygens (including phenoxy) is 1. The Morgan fingerprint density at radius 1 is 1.03 bits per heavy atom. The molecule has 0 unspecified atom stereocenters. The summed E-state index contributed by atoms with van der Waals surface area (Å²) in [5.74, 6) is 0.811. The molecule has 0 radical (unpaired) electrons. The van der Waals surface area contributed by atoms with Crippen molar-refractivity contribution in [3.8, 4) is 5.75 Å². The van der Waals surface area contributed by atoms with Gasteiger partial charge in [0, 0.05) is 17.5 Å². The van der Waals surface area contributed by atoms with E-state index in [0.717, 1.165) is 16.2 Å². The zero-order chi connectivity index (χ0) is 21.4. The Bertz CT molecular complexity index is 804. The molecule has 29 heavy (non-hydrogen) atoms. The van der Waals surface area contributed by atoms with Crippen LogP contribution in [-0.4, -0.2) is 41.7 Å². The van der Waals surface area contributed by atoms with E-state index >= 15 is 0 Å². The molecule has 0 aromatic heterocycles. The number of rotatable bonds is 9. The van der Waals surface area contributed by atoms with Crippen molar-refractivity contribution < 1.29 is 14.3 Å². The molecule has 2 aromatic carbocycles. The molecule has 156 valence electrons. The minimum atomic E-state index is -0.564. The summed E-state index contributed by atoms with van der Waals surface area (Å²) in [5.41, 5.74) is 2.13. The van der Waals surface area contributed by atoms with E-state index in [9.17, 15) is 9.59 Å². The fraction of sp³-hybridized carbons (Fsp3) is 0.391. The Kier molecular flexibility index (Phi) is 8.58. The van der Waals surface area contributed by atoms with Gasteiger partial charge in [0.05, 0.1) is 12.9 Å². The summed E-state index contributed by atoms with van der Waals surface area (Å²) < 4.78 is 5.20. The lowest BCUT2D eigenvalue weighted by atomic mass is 10.1. The van der Waals surface area contributed by atoms with Crippen molar-refractivity contribution in [1.29, 1.82) is 0 Å². The smallest absolute Gasteiger partial charge is 0.242 e. The van der Waals surface area contributed by atoms with Gasteiger partial charge in [-0.15, -0.1) is 11.8 Å². The third-order valence-corrected chi connectivity index (χ3v) is 5.49. The number of methoxy groups -OCH3 is 1. The molecular formula is C23H30N2O3S. The van der Waals surface area contributed by atoms with Gasteiger partial charge in [0.2, 0.25) is 11.8 Å². The van der Waals surface area contributed by atoms with Crippen molar-refractivity contribution in [2.24, 2.45) is 0 Å². The quantitative estimate of drug-likeness (QED) is 0.629. The first-order valence-electron chi connectivity index (χ1n) is 9.72. The van der Waals surface area contributed by atoms with Crippen molar-refractivity contribution in [3.63, 3.8) is 0 Å². The van der Waals surface area contributed by atoms with Crippen LogP contribution >= 0.6 is 11.8 Å². The number of amides is 2. The van der Waals surface area contributed by atoms with Crippen molar-refractivity contribution in [1.82, 2.24) is 10.2 Å². The summed E-state index contributed by atoms with van der Waals surface area (Å²) in [6.45, 7) is 7.99. The zero-order valence-electron chi connectivity index (χ0n) is 17.8. The van der Waals surface area contributed by atoms with Gasteiger partial charge >= 0.3 is 0 Å². The van der Waals surface area contributed by atoms with Gasteiger partial charge in [-0.3, -0.25) is 9.59 Å². The van der Waals surface area contributed by atoms with Crippen LogP contribution in [0.1, 0.15) is 31.9 Å². The maximum absolute atomic E-state index is 13.0. The van der Waals surface area contributed by atoms with Crippen LogP contribution < -0.4 is 10.1 Å². The molecule has 0 saturated heterocycles. The predicted molar refractivity (Wildman–Crippen MR) is 118 cm³/mol. The van der Waals surface area contributed by atoms with Crippen LogP contribution in [0.4, 0.5) is 0 Å².